The first-order chi connectivity index (χ1) is 36.0. The van der Waals surface area contributed by atoms with Gasteiger partial charge < -0.3 is 20.3 Å². The van der Waals surface area contributed by atoms with Crippen LogP contribution >= 0.6 is 0 Å². The van der Waals surface area contributed by atoms with Gasteiger partial charge in [-0.15, -0.1) is 0 Å². The van der Waals surface area contributed by atoms with Gasteiger partial charge in [-0.05, 0) is 83.5 Å². The second kappa shape index (κ2) is 62.4. The predicted molar refractivity (Wildman–Crippen MR) is 319 cm³/mol. The van der Waals surface area contributed by atoms with E-state index in [0.29, 0.717) is 19.4 Å². The number of carbonyl (C=O) groups excluding carboxylic acids is 2. The SMILES string of the molecule is CCCC/C=C\C/C=C\CCCCCCCC(=O)OCCCCCCCCCCCCCC/C=C\CCCCCCCCCCCC(=O)NC(CO)C(O)/C=C/CCCCCCCCCCCCCCCCC. The normalized spacial score (nSPS) is 12.9. The molecule has 2 atom stereocenters. The summed E-state index contributed by atoms with van der Waals surface area (Å²) in [6.07, 6.45) is 80.2. The monoisotopic (exact) mass is 1020 g/mol. The van der Waals surface area contributed by atoms with Crippen molar-refractivity contribution in [1.82, 2.24) is 5.32 Å². The lowest BCUT2D eigenvalue weighted by Gasteiger charge is -2.20. The number of rotatable bonds is 60. The smallest absolute Gasteiger partial charge is 0.305 e. The number of aliphatic hydroxyl groups is 2. The van der Waals surface area contributed by atoms with Crippen molar-refractivity contribution in [3.8, 4) is 0 Å². The molecule has 0 aliphatic carbocycles. The number of carbonyl (C=O) groups is 2. The van der Waals surface area contributed by atoms with Crippen LogP contribution in [0.1, 0.15) is 341 Å². The van der Waals surface area contributed by atoms with Gasteiger partial charge in [0.25, 0.3) is 0 Å². The minimum Gasteiger partial charge on any atom is -0.466 e. The lowest BCUT2D eigenvalue weighted by molar-refractivity contribution is -0.143. The van der Waals surface area contributed by atoms with Gasteiger partial charge in [0.15, 0.2) is 0 Å². The second-order valence-corrected chi connectivity index (χ2v) is 22.1. The summed E-state index contributed by atoms with van der Waals surface area (Å²) in [5, 5.41) is 23.2. The van der Waals surface area contributed by atoms with E-state index in [0.717, 1.165) is 51.4 Å². The lowest BCUT2D eigenvalue weighted by atomic mass is 10.0. The fourth-order valence-electron chi connectivity index (χ4n) is 9.82. The first kappa shape index (κ1) is 70.8. The Hall–Kier alpha value is -2.18. The molecule has 0 saturated carbocycles. The summed E-state index contributed by atoms with van der Waals surface area (Å²) < 4.78 is 5.47. The van der Waals surface area contributed by atoms with Crippen molar-refractivity contribution in [2.24, 2.45) is 0 Å². The third-order valence-corrected chi connectivity index (χ3v) is 14.8. The van der Waals surface area contributed by atoms with Gasteiger partial charge in [-0.3, -0.25) is 9.59 Å². The highest BCUT2D eigenvalue weighted by Gasteiger charge is 2.18. The molecule has 0 saturated heterocycles. The Morgan fingerprint density at radius 3 is 1.10 bits per heavy atom. The maximum atomic E-state index is 12.5. The Morgan fingerprint density at radius 1 is 0.384 bits per heavy atom. The molecule has 6 heteroatoms. The molecule has 0 radical (unpaired) electrons. The molecule has 1 amide bonds. The molecular formula is C67H125NO5. The summed E-state index contributed by atoms with van der Waals surface area (Å²) in [5.74, 6) is -0.0714. The van der Waals surface area contributed by atoms with Gasteiger partial charge >= 0.3 is 5.97 Å². The van der Waals surface area contributed by atoms with Crippen molar-refractivity contribution in [1.29, 1.82) is 0 Å². The number of allylic oxidation sites excluding steroid dienone is 7. The number of aliphatic hydroxyl groups excluding tert-OH is 2. The van der Waals surface area contributed by atoms with Crippen LogP contribution in [-0.2, 0) is 14.3 Å². The van der Waals surface area contributed by atoms with E-state index in [2.05, 4.69) is 55.6 Å². The molecule has 6 nitrogen and oxygen atoms in total. The Balaban J connectivity index is 3.43. The summed E-state index contributed by atoms with van der Waals surface area (Å²) in [5.41, 5.74) is 0. The van der Waals surface area contributed by atoms with E-state index >= 15 is 0 Å². The molecule has 0 aromatic heterocycles. The molecule has 73 heavy (non-hydrogen) atoms. The van der Waals surface area contributed by atoms with E-state index in [-0.39, 0.29) is 18.5 Å². The summed E-state index contributed by atoms with van der Waals surface area (Å²) in [6, 6.07) is -0.631. The van der Waals surface area contributed by atoms with Gasteiger partial charge in [0.2, 0.25) is 5.91 Å². The van der Waals surface area contributed by atoms with Gasteiger partial charge in [0, 0.05) is 12.8 Å². The maximum Gasteiger partial charge on any atom is 0.305 e. The number of hydrogen-bond donors (Lipinski definition) is 3. The molecule has 0 aromatic carbocycles. The first-order valence-corrected chi connectivity index (χ1v) is 32.4. The largest absolute Gasteiger partial charge is 0.466 e. The minimum absolute atomic E-state index is 0.00182. The van der Waals surface area contributed by atoms with Crippen molar-refractivity contribution in [3.63, 3.8) is 0 Å². The summed E-state index contributed by atoms with van der Waals surface area (Å²) >= 11 is 0. The molecule has 0 aliphatic rings. The molecule has 428 valence electrons. The zero-order chi connectivity index (χ0) is 52.9. The second-order valence-electron chi connectivity index (χ2n) is 22.1. The van der Waals surface area contributed by atoms with Crippen LogP contribution < -0.4 is 5.32 Å². The molecular weight excluding hydrogens is 899 g/mol. The standard InChI is InChI=1S/C67H125NO5/c1-3-5-7-9-11-13-15-17-19-29-32-35-39-43-47-51-55-59-65(70)64(63-69)68-66(71)60-56-52-48-44-40-36-33-30-27-25-23-21-20-22-24-26-28-31-34-38-42-46-50-54-58-62-73-67(72)61-57-53-49-45-41-37-18-16-14-12-10-8-6-4-2/h10,12,16,18,21,23,55,59,64-65,69-70H,3-9,11,13-15,17,19-20,22,24-54,56-58,60-63H2,1-2H3,(H,68,71)/b12-10-,18-16-,23-21-,59-55+. The first-order valence-electron chi connectivity index (χ1n) is 32.4. The third-order valence-electron chi connectivity index (χ3n) is 14.8. The van der Waals surface area contributed by atoms with Crippen LogP contribution in [0.4, 0.5) is 0 Å². The Kier molecular flexibility index (Phi) is 60.5. The third kappa shape index (κ3) is 58.9. The Bertz CT molecular complexity index is 1230. The van der Waals surface area contributed by atoms with Gasteiger partial charge in [0.05, 0.1) is 25.4 Å². The number of hydrogen-bond acceptors (Lipinski definition) is 5. The van der Waals surface area contributed by atoms with Crippen molar-refractivity contribution >= 4 is 11.9 Å². The molecule has 0 spiro atoms. The zero-order valence-electron chi connectivity index (χ0n) is 48.9. The van der Waals surface area contributed by atoms with Crippen molar-refractivity contribution < 1.29 is 24.5 Å². The van der Waals surface area contributed by atoms with Crippen LogP contribution in [0, 0.1) is 0 Å². The highest BCUT2D eigenvalue weighted by molar-refractivity contribution is 5.76. The fourth-order valence-corrected chi connectivity index (χ4v) is 9.82. The van der Waals surface area contributed by atoms with Crippen LogP contribution in [0.3, 0.4) is 0 Å². The predicted octanol–water partition coefficient (Wildman–Crippen LogP) is 20.5. The number of esters is 1. The van der Waals surface area contributed by atoms with Crippen molar-refractivity contribution in [2.75, 3.05) is 13.2 Å². The number of unbranched alkanes of at least 4 members (excludes halogenated alkanes) is 43. The number of amides is 1. The van der Waals surface area contributed by atoms with E-state index in [4.69, 9.17) is 4.74 Å². The molecule has 0 fully saturated rings. The van der Waals surface area contributed by atoms with Gasteiger partial charge in [-0.2, -0.15) is 0 Å². The maximum absolute atomic E-state index is 12.5. The van der Waals surface area contributed by atoms with Gasteiger partial charge in [-0.25, -0.2) is 0 Å². The zero-order valence-corrected chi connectivity index (χ0v) is 48.9. The average molecular weight is 1020 g/mol. The molecule has 3 N–H and O–H groups in total. The summed E-state index contributed by atoms with van der Waals surface area (Å²) in [6.45, 7) is 4.87. The van der Waals surface area contributed by atoms with E-state index in [1.807, 2.05) is 6.08 Å². The van der Waals surface area contributed by atoms with Crippen LogP contribution in [0.2, 0.25) is 0 Å². The van der Waals surface area contributed by atoms with Crippen LogP contribution in [0.15, 0.2) is 48.6 Å². The fraction of sp³-hybridized carbons (Fsp3) is 0.851. The molecule has 0 aromatic rings. The van der Waals surface area contributed by atoms with Gasteiger partial charge in [-0.1, -0.05) is 294 Å². The number of ether oxygens (including phenoxy) is 1. The highest BCUT2D eigenvalue weighted by Crippen LogP contribution is 2.17. The van der Waals surface area contributed by atoms with E-state index < -0.39 is 12.1 Å². The molecule has 2 unspecified atom stereocenters. The highest BCUT2D eigenvalue weighted by atomic mass is 16.5. The topological polar surface area (TPSA) is 95.9 Å². The van der Waals surface area contributed by atoms with Crippen LogP contribution in [0.5, 0.6) is 0 Å². The Morgan fingerprint density at radius 2 is 0.699 bits per heavy atom. The van der Waals surface area contributed by atoms with Gasteiger partial charge in [0.1, 0.15) is 0 Å². The Labute approximate surface area is 455 Å². The van der Waals surface area contributed by atoms with E-state index in [1.165, 1.54) is 263 Å². The minimum atomic E-state index is -0.847. The van der Waals surface area contributed by atoms with Crippen LogP contribution in [-0.4, -0.2) is 47.4 Å². The summed E-state index contributed by atoms with van der Waals surface area (Å²) in [7, 11) is 0. The summed E-state index contributed by atoms with van der Waals surface area (Å²) in [4.78, 5) is 24.5. The molecule has 0 heterocycles. The molecule has 0 rings (SSSR count). The number of nitrogens with one attached hydrogen (secondary N) is 1. The van der Waals surface area contributed by atoms with Crippen molar-refractivity contribution in [2.45, 2.75) is 353 Å². The quantitative estimate of drug-likeness (QED) is 0.0320. The van der Waals surface area contributed by atoms with Crippen molar-refractivity contribution in [3.05, 3.63) is 48.6 Å². The van der Waals surface area contributed by atoms with E-state index in [1.54, 1.807) is 6.08 Å². The molecule has 0 bridgehead atoms. The lowest BCUT2D eigenvalue weighted by Crippen LogP contribution is -2.45. The van der Waals surface area contributed by atoms with Crippen LogP contribution in [0.25, 0.3) is 0 Å². The molecule has 0 aliphatic heterocycles. The average Bonchev–Trinajstić information content (AvgIpc) is 3.39. The van der Waals surface area contributed by atoms with E-state index in [9.17, 15) is 19.8 Å².